The van der Waals surface area contributed by atoms with Crippen molar-refractivity contribution in [2.24, 2.45) is 5.41 Å². The molecule has 2 saturated heterocycles. The molecule has 1 aromatic rings. The molecule has 0 radical (unpaired) electrons. The number of aliphatic hydroxyl groups is 1. The van der Waals surface area contributed by atoms with E-state index in [0.29, 0.717) is 11.9 Å². The maximum Gasteiger partial charge on any atom is 0.230 e. The molecule has 3 fully saturated rings. The van der Waals surface area contributed by atoms with Gasteiger partial charge in [0.05, 0.1) is 22.2 Å². The first kappa shape index (κ1) is 17.2. The first-order chi connectivity index (χ1) is 12.1. The minimum absolute atomic E-state index is 0.173. The summed E-state index contributed by atoms with van der Waals surface area (Å²) in [6.07, 6.45) is 6.33. The van der Waals surface area contributed by atoms with Crippen LogP contribution in [-0.2, 0) is 4.79 Å². The molecule has 4 rings (SSSR count). The highest BCUT2D eigenvalue weighted by atomic mass is 35.5. The number of likely N-dealkylation sites (tertiary alicyclic amines) is 1. The molecule has 1 spiro atoms. The van der Waals surface area contributed by atoms with Gasteiger partial charge in [-0.1, -0.05) is 23.7 Å². The van der Waals surface area contributed by atoms with Crippen LogP contribution in [0.1, 0.15) is 44.9 Å². The van der Waals surface area contributed by atoms with E-state index in [1.807, 2.05) is 18.2 Å². The van der Waals surface area contributed by atoms with E-state index in [9.17, 15) is 9.90 Å². The first-order valence-electron chi connectivity index (χ1n) is 9.58. The smallest absolute Gasteiger partial charge is 0.230 e. The van der Waals surface area contributed by atoms with Gasteiger partial charge in [-0.2, -0.15) is 0 Å². The fourth-order valence-electron chi connectivity index (χ4n) is 4.99. The SMILES string of the molecule is O=C1N([C@H]2CC[C@H](O)CC2)CC[C@@]12CCCN(c1ccccc1Cl)C2. The number of carbonyl (C=O) groups is 1. The number of aliphatic hydroxyl groups excluding tert-OH is 1. The second-order valence-corrected chi connectivity index (χ2v) is 8.37. The van der Waals surface area contributed by atoms with Crippen LogP contribution in [0.3, 0.4) is 0 Å². The highest BCUT2D eigenvalue weighted by Gasteiger charge is 2.50. The Morgan fingerprint density at radius 3 is 2.60 bits per heavy atom. The molecule has 2 heterocycles. The van der Waals surface area contributed by atoms with E-state index in [2.05, 4.69) is 15.9 Å². The van der Waals surface area contributed by atoms with Crippen LogP contribution in [0.15, 0.2) is 24.3 Å². The summed E-state index contributed by atoms with van der Waals surface area (Å²) in [5.74, 6) is 0.339. The molecule has 4 nitrogen and oxygen atoms in total. The zero-order valence-corrected chi connectivity index (χ0v) is 15.4. The Hall–Kier alpha value is -1.26. The molecule has 0 unspecified atom stereocenters. The van der Waals surface area contributed by atoms with E-state index in [0.717, 1.165) is 75.3 Å². The van der Waals surface area contributed by atoms with Crippen molar-refractivity contribution in [2.75, 3.05) is 24.5 Å². The van der Waals surface area contributed by atoms with Gasteiger partial charge in [-0.15, -0.1) is 0 Å². The van der Waals surface area contributed by atoms with Gasteiger partial charge >= 0.3 is 0 Å². The van der Waals surface area contributed by atoms with Crippen molar-refractivity contribution in [3.05, 3.63) is 29.3 Å². The predicted molar refractivity (Wildman–Crippen MR) is 99.9 cm³/mol. The van der Waals surface area contributed by atoms with Gasteiger partial charge < -0.3 is 14.9 Å². The number of amides is 1. The molecule has 1 atom stereocenters. The molecule has 1 aliphatic carbocycles. The number of nitrogens with zero attached hydrogens (tertiary/aromatic N) is 2. The molecular weight excluding hydrogens is 336 g/mol. The molecule has 1 saturated carbocycles. The molecule has 136 valence electrons. The fraction of sp³-hybridized carbons (Fsp3) is 0.650. The number of para-hydroxylation sites is 1. The minimum Gasteiger partial charge on any atom is -0.393 e. The van der Waals surface area contributed by atoms with Gasteiger partial charge in [0.1, 0.15) is 0 Å². The summed E-state index contributed by atoms with van der Waals surface area (Å²) in [4.78, 5) is 17.8. The summed E-state index contributed by atoms with van der Waals surface area (Å²) in [5, 5.41) is 10.5. The number of piperidine rings is 1. The Labute approximate surface area is 154 Å². The van der Waals surface area contributed by atoms with Crippen LogP contribution in [0, 0.1) is 5.41 Å². The third-order valence-corrected chi connectivity index (χ3v) is 6.74. The molecule has 0 aromatic heterocycles. The van der Waals surface area contributed by atoms with Gasteiger partial charge in [0.2, 0.25) is 5.91 Å². The molecular formula is C20H27ClN2O2. The van der Waals surface area contributed by atoms with Crippen LogP contribution in [0.4, 0.5) is 5.69 Å². The lowest BCUT2D eigenvalue weighted by molar-refractivity contribution is -0.139. The lowest BCUT2D eigenvalue weighted by Gasteiger charge is -2.41. The summed E-state index contributed by atoms with van der Waals surface area (Å²) >= 11 is 6.39. The van der Waals surface area contributed by atoms with Gasteiger partial charge in [-0.3, -0.25) is 4.79 Å². The zero-order valence-electron chi connectivity index (χ0n) is 14.7. The zero-order chi connectivity index (χ0) is 17.4. The van der Waals surface area contributed by atoms with Gasteiger partial charge in [0, 0.05) is 25.7 Å². The maximum atomic E-state index is 13.3. The maximum absolute atomic E-state index is 13.3. The molecule has 0 bridgehead atoms. The van der Waals surface area contributed by atoms with Crippen LogP contribution in [0.5, 0.6) is 0 Å². The van der Waals surface area contributed by atoms with Gasteiger partial charge in [-0.05, 0) is 57.1 Å². The second-order valence-electron chi connectivity index (χ2n) is 7.97. The largest absolute Gasteiger partial charge is 0.393 e. The Bertz CT molecular complexity index is 644. The standard InChI is InChI=1S/C20H27ClN2O2/c21-17-4-1-2-5-18(17)22-12-3-10-20(14-22)11-13-23(19(20)25)15-6-8-16(24)9-7-15/h1-2,4-5,15-16,24H,3,6-14H2/t15-,16-,20-/m1/s1. The third-order valence-electron chi connectivity index (χ3n) is 6.42. The van der Waals surface area contributed by atoms with E-state index in [-0.39, 0.29) is 11.5 Å². The van der Waals surface area contributed by atoms with Gasteiger partial charge in [0.25, 0.3) is 0 Å². The quantitative estimate of drug-likeness (QED) is 0.876. The van der Waals surface area contributed by atoms with Crippen LogP contribution >= 0.6 is 11.6 Å². The number of rotatable bonds is 2. The number of anilines is 1. The number of halogens is 1. The Morgan fingerprint density at radius 1 is 1.08 bits per heavy atom. The molecule has 1 aromatic carbocycles. The topological polar surface area (TPSA) is 43.8 Å². The summed E-state index contributed by atoms with van der Waals surface area (Å²) in [5.41, 5.74) is 0.809. The van der Waals surface area contributed by atoms with Crippen molar-refractivity contribution >= 4 is 23.2 Å². The average Bonchev–Trinajstić information content (AvgIpc) is 2.92. The lowest BCUT2D eigenvalue weighted by atomic mass is 9.78. The molecule has 1 amide bonds. The van der Waals surface area contributed by atoms with Crippen molar-refractivity contribution in [1.29, 1.82) is 0 Å². The number of hydrogen-bond donors (Lipinski definition) is 1. The Morgan fingerprint density at radius 2 is 1.84 bits per heavy atom. The monoisotopic (exact) mass is 362 g/mol. The van der Waals surface area contributed by atoms with Gasteiger partial charge in [-0.25, -0.2) is 0 Å². The minimum atomic E-state index is -0.243. The molecule has 5 heteroatoms. The van der Waals surface area contributed by atoms with Crippen LogP contribution in [0.2, 0.25) is 5.02 Å². The average molecular weight is 363 g/mol. The molecule has 1 N–H and O–H groups in total. The van der Waals surface area contributed by atoms with E-state index in [1.165, 1.54) is 0 Å². The van der Waals surface area contributed by atoms with E-state index < -0.39 is 0 Å². The van der Waals surface area contributed by atoms with Crippen molar-refractivity contribution in [3.8, 4) is 0 Å². The highest BCUT2D eigenvalue weighted by Crippen LogP contribution is 2.44. The summed E-state index contributed by atoms with van der Waals surface area (Å²) in [6, 6.07) is 8.27. The van der Waals surface area contributed by atoms with Crippen molar-refractivity contribution in [1.82, 2.24) is 4.90 Å². The fourth-order valence-corrected chi connectivity index (χ4v) is 5.25. The molecule has 25 heavy (non-hydrogen) atoms. The molecule has 3 aliphatic rings. The van der Waals surface area contributed by atoms with Crippen molar-refractivity contribution in [3.63, 3.8) is 0 Å². The number of hydrogen-bond acceptors (Lipinski definition) is 3. The Kier molecular flexibility index (Phi) is 4.67. The van der Waals surface area contributed by atoms with E-state index in [1.54, 1.807) is 0 Å². The first-order valence-corrected chi connectivity index (χ1v) is 9.95. The predicted octanol–water partition coefficient (Wildman–Crippen LogP) is 3.46. The summed E-state index contributed by atoms with van der Waals surface area (Å²) in [6.45, 7) is 2.62. The van der Waals surface area contributed by atoms with Crippen LogP contribution in [-0.4, -0.2) is 47.7 Å². The second kappa shape index (κ2) is 6.81. The summed E-state index contributed by atoms with van der Waals surface area (Å²) in [7, 11) is 0. The van der Waals surface area contributed by atoms with Crippen molar-refractivity contribution < 1.29 is 9.90 Å². The Balaban J connectivity index is 1.50. The highest BCUT2D eigenvalue weighted by molar-refractivity contribution is 6.33. The van der Waals surface area contributed by atoms with Crippen LogP contribution < -0.4 is 4.90 Å². The summed E-state index contributed by atoms with van der Waals surface area (Å²) < 4.78 is 0. The third kappa shape index (κ3) is 3.15. The van der Waals surface area contributed by atoms with Crippen LogP contribution in [0.25, 0.3) is 0 Å². The lowest BCUT2D eigenvalue weighted by Crippen LogP contribution is -2.50. The molecule has 2 aliphatic heterocycles. The van der Waals surface area contributed by atoms with Crippen molar-refractivity contribution in [2.45, 2.75) is 57.1 Å². The van der Waals surface area contributed by atoms with E-state index in [4.69, 9.17) is 11.6 Å². The number of carbonyl (C=O) groups excluding carboxylic acids is 1. The van der Waals surface area contributed by atoms with E-state index >= 15 is 0 Å². The normalized spacial score (nSPS) is 33.3. The number of benzene rings is 1. The van der Waals surface area contributed by atoms with Gasteiger partial charge in [0.15, 0.2) is 0 Å².